The summed E-state index contributed by atoms with van der Waals surface area (Å²) in [5, 5.41) is 0. The molecule has 0 unspecified atom stereocenters. The monoisotopic (exact) mass is 234 g/mol. The van der Waals surface area contributed by atoms with E-state index in [0.717, 1.165) is 23.3 Å². The minimum Gasteiger partial charge on any atom is -0.496 e. The van der Waals surface area contributed by atoms with E-state index in [9.17, 15) is 4.79 Å². The van der Waals surface area contributed by atoms with Gasteiger partial charge in [-0.05, 0) is 25.3 Å². The Bertz CT molecular complexity index is 381. The van der Waals surface area contributed by atoms with Crippen molar-refractivity contribution in [2.75, 3.05) is 7.11 Å². The van der Waals surface area contributed by atoms with Crippen LogP contribution in [-0.2, 0) is 11.2 Å². The van der Waals surface area contributed by atoms with Crippen LogP contribution in [0.15, 0.2) is 18.2 Å². The maximum absolute atomic E-state index is 11.8. The van der Waals surface area contributed by atoms with E-state index in [1.54, 1.807) is 7.11 Å². The highest BCUT2D eigenvalue weighted by atomic mass is 16.5. The summed E-state index contributed by atoms with van der Waals surface area (Å²) in [5.41, 5.74) is 2.17. The van der Waals surface area contributed by atoms with E-state index < -0.39 is 0 Å². The lowest BCUT2D eigenvalue weighted by atomic mass is 10.00. The lowest BCUT2D eigenvalue weighted by molar-refractivity contribution is -0.118. The van der Waals surface area contributed by atoms with Crippen LogP contribution in [0.5, 0.6) is 5.75 Å². The van der Waals surface area contributed by atoms with Gasteiger partial charge in [0.2, 0.25) is 0 Å². The van der Waals surface area contributed by atoms with Crippen LogP contribution in [0.1, 0.15) is 37.8 Å². The number of benzene rings is 1. The average Bonchev–Trinajstić information content (AvgIpc) is 2.27. The van der Waals surface area contributed by atoms with Gasteiger partial charge in [-0.2, -0.15) is 0 Å². The second-order valence-corrected chi connectivity index (χ2v) is 4.96. The van der Waals surface area contributed by atoms with Crippen LogP contribution in [0.3, 0.4) is 0 Å². The number of Topliss-reactive ketones (excluding diaryl/α,β-unsaturated/α-hetero) is 1. The van der Waals surface area contributed by atoms with Gasteiger partial charge in [0.05, 0.1) is 7.11 Å². The normalized spacial score (nSPS) is 10.6. The van der Waals surface area contributed by atoms with E-state index in [0.29, 0.717) is 24.5 Å². The third kappa shape index (κ3) is 4.59. The molecule has 0 saturated carbocycles. The molecule has 1 rings (SSSR count). The Hall–Kier alpha value is -1.31. The molecule has 0 spiro atoms. The molecular weight excluding hydrogens is 212 g/mol. The second-order valence-electron chi connectivity index (χ2n) is 4.96. The van der Waals surface area contributed by atoms with Gasteiger partial charge in [-0.3, -0.25) is 4.79 Å². The molecule has 0 aromatic heterocycles. The van der Waals surface area contributed by atoms with Crippen LogP contribution in [0.4, 0.5) is 0 Å². The molecule has 0 fully saturated rings. The predicted molar refractivity (Wildman–Crippen MR) is 70.5 cm³/mol. The standard InChI is InChI=1S/C15H22O2/c1-11(2)5-7-14(16)10-13-9-12(3)6-8-15(13)17-4/h6,8-9,11H,5,7,10H2,1-4H3. The van der Waals surface area contributed by atoms with Crippen LogP contribution in [0, 0.1) is 12.8 Å². The fourth-order valence-electron chi connectivity index (χ4n) is 1.80. The molecule has 0 saturated heterocycles. The Morgan fingerprint density at radius 1 is 1.35 bits per heavy atom. The number of ketones is 1. The van der Waals surface area contributed by atoms with Gasteiger partial charge in [0.25, 0.3) is 0 Å². The van der Waals surface area contributed by atoms with Crippen molar-refractivity contribution >= 4 is 5.78 Å². The molecule has 0 heterocycles. The van der Waals surface area contributed by atoms with Crippen LogP contribution in [0.25, 0.3) is 0 Å². The topological polar surface area (TPSA) is 26.3 Å². The zero-order valence-corrected chi connectivity index (χ0v) is 11.2. The van der Waals surface area contributed by atoms with Crippen molar-refractivity contribution in [2.45, 2.75) is 40.0 Å². The molecule has 94 valence electrons. The van der Waals surface area contributed by atoms with Crippen LogP contribution >= 0.6 is 0 Å². The number of carbonyl (C=O) groups excluding carboxylic acids is 1. The van der Waals surface area contributed by atoms with Gasteiger partial charge in [0.1, 0.15) is 11.5 Å². The number of ether oxygens (including phenoxy) is 1. The molecule has 1 aromatic carbocycles. The first-order valence-electron chi connectivity index (χ1n) is 6.18. The quantitative estimate of drug-likeness (QED) is 0.752. The Morgan fingerprint density at radius 2 is 2.06 bits per heavy atom. The van der Waals surface area contributed by atoms with E-state index in [-0.39, 0.29) is 0 Å². The maximum atomic E-state index is 11.8. The third-order valence-electron chi connectivity index (χ3n) is 2.82. The highest BCUT2D eigenvalue weighted by Gasteiger charge is 2.09. The van der Waals surface area contributed by atoms with Gasteiger partial charge in [-0.1, -0.05) is 31.5 Å². The van der Waals surface area contributed by atoms with Gasteiger partial charge in [-0.25, -0.2) is 0 Å². The largest absolute Gasteiger partial charge is 0.496 e. The summed E-state index contributed by atoms with van der Waals surface area (Å²) < 4.78 is 5.27. The van der Waals surface area contributed by atoms with Gasteiger partial charge < -0.3 is 4.74 Å². The number of rotatable bonds is 6. The van der Waals surface area contributed by atoms with Crippen molar-refractivity contribution < 1.29 is 9.53 Å². The molecule has 0 N–H and O–H groups in total. The average molecular weight is 234 g/mol. The summed E-state index contributed by atoms with van der Waals surface area (Å²) in [6.45, 7) is 6.31. The van der Waals surface area contributed by atoms with Crippen molar-refractivity contribution in [1.82, 2.24) is 0 Å². The lowest BCUT2D eigenvalue weighted by Crippen LogP contribution is -2.06. The summed E-state index contributed by atoms with van der Waals surface area (Å²) in [7, 11) is 1.65. The van der Waals surface area contributed by atoms with Gasteiger partial charge in [0, 0.05) is 18.4 Å². The third-order valence-corrected chi connectivity index (χ3v) is 2.82. The van der Waals surface area contributed by atoms with Gasteiger partial charge in [-0.15, -0.1) is 0 Å². The number of methoxy groups -OCH3 is 1. The van der Waals surface area contributed by atoms with E-state index in [1.807, 2.05) is 25.1 Å². The second kappa shape index (κ2) is 6.43. The molecule has 0 aliphatic heterocycles. The summed E-state index contributed by atoms with van der Waals surface area (Å²) in [6, 6.07) is 5.97. The number of carbonyl (C=O) groups is 1. The molecule has 0 bridgehead atoms. The molecule has 0 aliphatic rings. The van der Waals surface area contributed by atoms with E-state index in [2.05, 4.69) is 13.8 Å². The van der Waals surface area contributed by atoms with Crippen molar-refractivity contribution in [3.05, 3.63) is 29.3 Å². The van der Waals surface area contributed by atoms with Crippen molar-refractivity contribution in [1.29, 1.82) is 0 Å². The number of hydrogen-bond donors (Lipinski definition) is 0. The smallest absolute Gasteiger partial charge is 0.137 e. The summed E-state index contributed by atoms with van der Waals surface area (Å²) in [6.07, 6.45) is 2.11. The highest BCUT2D eigenvalue weighted by Crippen LogP contribution is 2.21. The molecular formula is C15H22O2. The SMILES string of the molecule is COc1ccc(C)cc1CC(=O)CCC(C)C. The molecule has 2 heteroatoms. The number of aryl methyl sites for hydroxylation is 1. The fraction of sp³-hybridized carbons (Fsp3) is 0.533. The first-order chi connectivity index (χ1) is 8.02. The zero-order valence-electron chi connectivity index (χ0n) is 11.2. The first-order valence-corrected chi connectivity index (χ1v) is 6.18. The van der Waals surface area contributed by atoms with Crippen LogP contribution in [-0.4, -0.2) is 12.9 Å². The van der Waals surface area contributed by atoms with Gasteiger partial charge >= 0.3 is 0 Å². The lowest BCUT2D eigenvalue weighted by Gasteiger charge is -2.09. The summed E-state index contributed by atoms with van der Waals surface area (Å²) in [4.78, 5) is 11.8. The summed E-state index contributed by atoms with van der Waals surface area (Å²) >= 11 is 0. The highest BCUT2D eigenvalue weighted by molar-refractivity contribution is 5.81. The maximum Gasteiger partial charge on any atom is 0.137 e. The molecule has 1 aromatic rings. The Labute approximate surface area is 104 Å². The van der Waals surface area contributed by atoms with Crippen molar-refractivity contribution in [3.63, 3.8) is 0 Å². The zero-order chi connectivity index (χ0) is 12.8. The van der Waals surface area contributed by atoms with Crippen molar-refractivity contribution in [3.8, 4) is 5.75 Å². The molecule has 0 radical (unpaired) electrons. The minimum absolute atomic E-state index is 0.294. The summed E-state index contributed by atoms with van der Waals surface area (Å²) in [5.74, 6) is 1.69. The molecule has 2 nitrogen and oxygen atoms in total. The molecule has 0 atom stereocenters. The number of hydrogen-bond acceptors (Lipinski definition) is 2. The van der Waals surface area contributed by atoms with E-state index in [1.165, 1.54) is 0 Å². The predicted octanol–water partition coefficient (Wildman–Crippen LogP) is 3.55. The Kier molecular flexibility index (Phi) is 5.20. The van der Waals surface area contributed by atoms with E-state index >= 15 is 0 Å². The molecule has 17 heavy (non-hydrogen) atoms. The first kappa shape index (κ1) is 13.8. The van der Waals surface area contributed by atoms with Crippen molar-refractivity contribution in [2.24, 2.45) is 5.92 Å². The van der Waals surface area contributed by atoms with Crippen LogP contribution < -0.4 is 4.74 Å². The molecule has 0 amide bonds. The van der Waals surface area contributed by atoms with E-state index in [4.69, 9.17) is 4.74 Å². The van der Waals surface area contributed by atoms with Gasteiger partial charge in [0.15, 0.2) is 0 Å². The Balaban J connectivity index is 2.66. The molecule has 0 aliphatic carbocycles. The van der Waals surface area contributed by atoms with Crippen LogP contribution in [0.2, 0.25) is 0 Å². The Morgan fingerprint density at radius 3 is 2.65 bits per heavy atom. The minimum atomic E-state index is 0.294. The fourth-order valence-corrected chi connectivity index (χ4v) is 1.80.